The van der Waals surface area contributed by atoms with Crippen LogP contribution in [0.15, 0.2) is 18.3 Å². The van der Waals surface area contributed by atoms with Gasteiger partial charge >= 0.3 is 0 Å². The molecule has 23 heavy (non-hydrogen) atoms. The number of piperidine rings is 1. The van der Waals surface area contributed by atoms with Crippen LogP contribution < -0.4 is 15.5 Å². The summed E-state index contributed by atoms with van der Waals surface area (Å²) in [5.74, 6) is 1.30. The third kappa shape index (κ3) is 4.42. The molecule has 0 spiro atoms. The van der Waals surface area contributed by atoms with E-state index in [-0.39, 0.29) is 11.8 Å². The minimum Gasteiger partial charge on any atom is -0.354 e. The lowest BCUT2D eigenvalue weighted by Gasteiger charge is -2.33. The Bertz CT molecular complexity index is 504. The average Bonchev–Trinajstić information content (AvgIpc) is 2.61. The molecule has 2 aliphatic rings. The molecule has 0 saturated carbocycles. The molecular formula is C17H27N5O. The largest absolute Gasteiger partial charge is 0.354 e. The van der Waals surface area contributed by atoms with Gasteiger partial charge in [0.2, 0.25) is 5.91 Å². The monoisotopic (exact) mass is 317 g/mol. The molecule has 3 heterocycles. The number of likely N-dealkylation sites (N-methyl/N-ethyl adjacent to an activating group) is 1. The van der Waals surface area contributed by atoms with Crippen molar-refractivity contribution in [3.05, 3.63) is 23.9 Å². The van der Waals surface area contributed by atoms with E-state index in [1.165, 1.54) is 0 Å². The van der Waals surface area contributed by atoms with Crippen molar-refractivity contribution in [2.75, 3.05) is 51.2 Å². The van der Waals surface area contributed by atoms with Crippen molar-refractivity contribution in [3.8, 4) is 0 Å². The van der Waals surface area contributed by atoms with Crippen LogP contribution in [-0.4, -0.2) is 62.1 Å². The van der Waals surface area contributed by atoms with Gasteiger partial charge in [0.25, 0.3) is 0 Å². The molecule has 6 heteroatoms. The van der Waals surface area contributed by atoms with Gasteiger partial charge in [-0.3, -0.25) is 4.79 Å². The number of aromatic nitrogens is 1. The lowest BCUT2D eigenvalue weighted by molar-refractivity contribution is -0.125. The van der Waals surface area contributed by atoms with Gasteiger partial charge in [0, 0.05) is 45.5 Å². The zero-order valence-electron chi connectivity index (χ0n) is 13.9. The van der Waals surface area contributed by atoms with Crippen LogP contribution in [0, 0.1) is 5.92 Å². The Morgan fingerprint density at radius 2 is 2.17 bits per heavy atom. The molecule has 3 rings (SSSR count). The number of rotatable bonds is 4. The fourth-order valence-corrected chi connectivity index (χ4v) is 3.15. The Hall–Kier alpha value is -1.66. The zero-order valence-corrected chi connectivity index (χ0v) is 13.9. The summed E-state index contributed by atoms with van der Waals surface area (Å²) in [7, 11) is 2.15. The number of hydrogen-bond donors (Lipinski definition) is 2. The number of amides is 1. The molecule has 2 saturated heterocycles. The molecule has 2 fully saturated rings. The molecule has 1 atom stereocenters. The molecule has 1 unspecified atom stereocenters. The Labute approximate surface area is 138 Å². The number of carbonyl (C=O) groups is 1. The smallest absolute Gasteiger partial charge is 0.224 e. The fraction of sp³-hybridized carbons (Fsp3) is 0.647. The summed E-state index contributed by atoms with van der Waals surface area (Å²) < 4.78 is 0. The number of nitrogens with zero attached hydrogens (tertiary/aromatic N) is 3. The number of hydrogen-bond acceptors (Lipinski definition) is 5. The first kappa shape index (κ1) is 16.2. The highest BCUT2D eigenvalue weighted by atomic mass is 16.1. The predicted molar refractivity (Wildman–Crippen MR) is 91.4 cm³/mol. The Morgan fingerprint density at radius 1 is 1.35 bits per heavy atom. The first-order valence-electron chi connectivity index (χ1n) is 8.59. The molecule has 2 aliphatic heterocycles. The zero-order chi connectivity index (χ0) is 16.1. The van der Waals surface area contributed by atoms with E-state index < -0.39 is 0 Å². The first-order chi connectivity index (χ1) is 11.2. The summed E-state index contributed by atoms with van der Waals surface area (Å²) in [5.41, 5.74) is 1.06. The molecule has 1 aromatic heterocycles. The minimum atomic E-state index is 0.112. The third-order valence-electron chi connectivity index (χ3n) is 4.77. The van der Waals surface area contributed by atoms with Crippen LogP contribution in [0.25, 0.3) is 0 Å². The van der Waals surface area contributed by atoms with Crippen molar-refractivity contribution in [1.29, 1.82) is 0 Å². The number of nitrogens with one attached hydrogen (secondary N) is 2. The van der Waals surface area contributed by atoms with Gasteiger partial charge < -0.3 is 20.4 Å². The van der Waals surface area contributed by atoms with Crippen molar-refractivity contribution in [2.45, 2.75) is 19.4 Å². The van der Waals surface area contributed by atoms with E-state index in [4.69, 9.17) is 0 Å². The topological polar surface area (TPSA) is 60.5 Å². The molecule has 6 nitrogen and oxygen atoms in total. The molecule has 1 aromatic rings. The summed E-state index contributed by atoms with van der Waals surface area (Å²) in [5, 5.41) is 6.31. The van der Waals surface area contributed by atoms with Crippen LogP contribution in [0.4, 0.5) is 5.82 Å². The van der Waals surface area contributed by atoms with Crippen molar-refractivity contribution in [3.63, 3.8) is 0 Å². The molecule has 0 aromatic carbocycles. The molecule has 0 radical (unpaired) electrons. The van der Waals surface area contributed by atoms with Gasteiger partial charge in [0.1, 0.15) is 5.82 Å². The second kappa shape index (κ2) is 7.75. The van der Waals surface area contributed by atoms with Crippen LogP contribution in [-0.2, 0) is 11.3 Å². The van der Waals surface area contributed by atoms with Gasteiger partial charge in [-0.05, 0) is 38.1 Å². The summed E-state index contributed by atoms with van der Waals surface area (Å²) >= 11 is 0. The summed E-state index contributed by atoms with van der Waals surface area (Å²) in [6.45, 7) is 6.59. The van der Waals surface area contributed by atoms with Crippen molar-refractivity contribution < 1.29 is 4.79 Å². The number of anilines is 1. The van der Waals surface area contributed by atoms with Crippen LogP contribution in [0.2, 0.25) is 0 Å². The second-order valence-electron chi connectivity index (χ2n) is 6.58. The lowest BCUT2D eigenvalue weighted by Crippen LogP contribution is -2.44. The molecule has 2 N–H and O–H groups in total. The second-order valence-corrected chi connectivity index (χ2v) is 6.58. The Balaban J connectivity index is 1.48. The molecule has 0 bridgehead atoms. The predicted octanol–water partition coefficient (Wildman–Crippen LogP) is 0.449. The molecular weight excluding hydrogens is 290 g/mol. The van der Waals surface area contributed by atoms with Crippen molar-refractivity contribution in [1.82, 2.24) is 20.5 Å². The first-order valence-corrected chi connectivity index (χ1v) is 8.59. The van der Waals surface area contributed by atoms with Crippen LogP contribution in [0.1, 0.15) is 18.4 Å². The highest BCUT2D eigenvalue weighted by molar-refractivity contribution is 5.78. The average molecular weight is 317 g/mol. The van der Waals surface area contributed by atoms with E-state index in [1.54, 1.807) is 0 Å². The Kier molecular flexibility index (Phi) is 5.46. The van der Waals surface area contributed by atoms with Crippen molar-refractivity contribution in [2.24, 2.45) is 5.92 Å². The van der Waals surface area contributed by atoms with Crippen LogP contribution >= 0.6 is 0 Å². The van der Waals surface area contributed by atoms with E-state index in [9.17, 15) is 4.79 Å². The molecule has 126 valence electrons. The maximum Gasteiger partial charge on any atom is 0.224 e. The van der Waals surface area contributed by atoms with E-state index in [0.29, 0.717) is 6.54 Å². The van der Waals surface area contributed by atoms with E-state index >= 15 is 0 Å². The minimum absolute atomic E-state index is 0.112. The quantitative estimate of drug-likeness (QED) is 0.844. The molecule has 0 aliphatic carbocycles. The third-order valence-corrected chi connectivity index (χ3v) is 4.77. The Morgan fingerprint density at radius 3 is 2.83 bits per heavy atom. The fourth-order valence-electron chi connectivity index (χ4n) is 3.15. The maximum atomic E-state index is 12.1. The van der Waals surface area contributed by atoms with Gasteiger partial charge in [-0.25, -0.2) is 4.98 Å². The summed E-state index contributed by atoms with van der Waals surface area (Å²) in [6, 6.07) is 4.13. The van der Waals surface area contributed by atoms with Crippen LogP contribution in [0.3, 0.4) is 0 Å². The van der Waals surface area contributed by atoms with E-state index in [0.717, 1.165) is 63.5 Å². The van der Waals surface area contributed by atoms with E-state index in [1.807, 2.05) is 6.20 Å². The SMILES string of the molecule is CN1CCN(c2ccc(CNC(=O)C3CCCNC3)cn2)CC1. The summed E-state index contributed by atoms with van der Waals surface area (Å²) in [4.78, 5) is 21.3. The normalized spacial score (nSPS) is 22.8. The summed E-state index contributed by atoms with van der Waals surface area (Å²) in [6.07, 6.45) is 3.95. The standard InChI is InChI=1S/C17H27N5O/c1-21-7-9-22(10-8-21)16-5-4-14(11-19-16)12-20-17(23)15-3-2-6-18-13-15/h4-5,11,15,18H,2-3,6-10,12-13H2,1H3,(H,20,23). The number of piperazine rings is 1. The van der Waals surface area contributed by atoms with E-state index in [2.05, 4.69) is 44.6 Å². The van der Waals surface area contributed by atoms with Crippen molar-refractivity contribution >= 4 is 11.7 Å². The number of pyridine rings is 1. The van der Waals surface area contributed by atoms with Crippen LogP contribution in [0.5, 0.6) is 0 Å². The van der Waals surface area contributed by atoms with Gasteiger partial charge in [0.05, 0.1) is 5.92 Å². The maximum absolute atomic E-state index is 12.1. The molecule has 1 amide bonds. The number of carbonyl (C=O) groups excluding carboxylic acids is 1. The lowest BCUT2D eigenvalue weighted by atomic mass is 9.99. The van der Waals surface area contributed by atoms with Gasteiger partial charge in [-0.1, -0.05) is 6.07 Å². The van der Waals surface area contributed by atoms with Gasteiger partial charge in [-0.2, -0.15) is 0 Å². The van der Waals surface area contributed by atoms with Gasteiger partial charge in [0.15, 0.2) is 0 Å². The highest BCUT2D eigenvalue weighted by Gasteiger charge is 2.20. The highest BCUT2D eigenvalue weighted by Crippen LogP contribution is 2.14. The van der Waals surface area contributed by atoms with Gasteiger partial charge in [-0.15, -0.1) is 0 Å².